The zero-order valence-corrected chi connectivity index (χ0v) is 15.8. The lowest BCUT2D eigenvalue weighted by Crippen LogP contribution is -2.31. The summed E-state index contributed by atoms with van der Waals surface area (Å²) in [5.41, 5.74) is 3.09. The minimum absolute atomic E-state index is 0.244. The molecule has 0 spiro atoms. The van der Waals surface area contributed by atoms with Crippen molar-refractivity contribution in [1.82, 2.24) is 5.32 Å². The second-order valence-corrected chi connectivity index (χ2v) is 6.48. The number of amides is 1. The molecule has 26 heavy (non-hydrogen) atoms. The van der Waals surface area contributed by atoms with E-state index in [1.807, 2.05) is 45.0 Å². The first-order valence-electron chi connectivity index (χ1n) is 8.25. The van der Waals surface area contributed by atoms with Crippen molar-refractivity contribution in [1.29, 1.82) is 0 Å². The monoisotopic (exact) mass is 375 g/mol. The molecule has 0 bridgehead atoms. The van der Waals surface area contributed by atoms with Crippen LogP contribution in [0.15, 0.2) is 42.5 Å². The summed E-state index contributed by atoms with van der Waals surface area (Å²) in [6.45, 7) is 5.18. The maximum atomic E-state index is 11.9. The molecule has 0 saturated carbocycles. The van der Waals surface area contributed by atoms with Gasteiger partial charge >= 0.3 is 5.97 Å². The van der Waals surface area contributed by atoms with E-state index in [9.17, 15) is 9.59 Å². The van der Waals surface area contributed by atoms with Gasteiger partial charge in [-0.25, -0.2) is 4.79 Å². The number of carbonyl (C=O) groups is 2. The van der Waals surface area contributed by atoms with Crippen LogP contribution in [0.2, 0.25) is 5.02 Å². The van der Waals surface area contributed by atoms with Crippen LogP contribution < -0.4 is 10.1 Å². The van der Waals surface area contributed by atoms with E-state index in [1.54, 1.807) is 18.2 Å². The summed E-state index contributed by atoms with van der Waals surface area (Å²) in [6, 6.07) is 12.5. The van der Waals surface area contributed by atoms with Crippen LogP contribution in [0.25, 0.3) is 0 Å². The number of hydrogen-bond acceptors (Lipinski definition) is 4. The molecule has 2 rings (SSSR count). The number of benzene rings is 2. The Morgan fingerprint density at radius 2 is 1.85 bits per heavy atom. The first-order chi connectivity index (χ1) is 12.3. The lowest BCUT2D eigenvalue weighted by molar-refractivity contribution is -0.150. The van der Waals surface area contributed by atoms with Crippen molar-refractivity contribution in [3.05, 3.63) is 64.2 Å². The normalized spacial score (nSPS) is 11.5. The molecule has 2 aromatic carbocycles. The molecule has 1 atom stereocenters. The summed E-state index contributed by atoms with van der Waals surface area (Å²) in [7, 11) is 0. The highest BCUT2D eigenvalue weighted by atomic mass is 35.5. The van der Waals surface area contributed by atoms with E-state index in [2.05, 4.69) is 5.32 Å². The van der Waals surface area contributed by atoms with Gasteiger partial charge in [-0.3, -0.25) is 4.79 Å². The molecule has 1 amide bonds. The van der Waals surface area contributed by atoms with Crippen LogP contribution in [0.1, 0.15) is 29.7 Å². The molecule has 5 nitrogen and oxygen atoms in total. The third-order valence-corrected chi connectivity index (χ3v) is 4.16. The number of hydrogen-bond donors (Lipinski definition) is 1. The maximum absolute atomic E-state index is 11.9. The van der Waals surface area contributed by atoms with Gasteiger partial charge in [-0.15, -0.1) is 0 Å². The van der Waals surface area contributed by atoms with Gasteiger partial charge < -0.3 is 14.8 Å². The molecule has 0 saturated heterocycles. The van der Waals surface area contributed by atoms with Crippen LogP contribution in [-0.2, 0) is 14.3 Å². The zero-order valence-electron chi connectivity index (χ0n) is 15.0. The second kappa shape index (κ2) is 9.25. The van der Waals surface area contributed by atoms with E-state index in [-0.39, 0.29) is 19.3 Å². The Hall–Kier alpha value is -2.53. The average Bonchev–Trinajstić information content (AvgIpc) is 2.61. The molecule has 6 heteroatoms. The highest BCUT2D eigenvalue weighted by Crippen LogP contribution is 2.17. The molecule has 0 unspecified atom stereocenters. The van der Waals surface area contributed by atoms with Gasteiger partial charge in [-0.2, -0.15) is 0 Å². The van der Waals surface area contributed by atoms with Crippen LogP contribution >= 0.6 is 11.6 Å². The maximum Gasteiger partial charge on any atom is 0.344 e. The first-order valence-corrected chi connectivity index (χ1v) is 8.63. The highest BCUT2D eigenvalue weighted by molar-refractivity contribution is 6.30. The SMILES string of the molecule is Cc1ccc(OCC(=O)OCC(=O)N[C@H](C)c2cccc(Cl)c2)cc1C. The van der Waals surface area contributed by atoms with E-state index in [1.165, 1.54) is 0 Å². The predicted octanol–water partition coefficient (Wildman–Crippen LogP) is 3.76. The van der Waals surface area contributed by atoms with Crippen LogP contribution in [-0.4, -0.2) is 25.1 Å². The lowest BCUT2D eigenvalue weighted by atomic mass is 10.1. The smallest absolute Gasteiger partial charge is 0.344 e. The highest BCUT2D eigenvalue weighted by Gasteiger charge is 2.12. The Kier molecular flexibility index (Phi) is 7.04. The quantitative estimate of drug-likeness (QED) is 0.748. The fraction of sp³-hybridized carbons (Fsp3) is 0.300. The molecule has 0 aliphatic heterocycles. The van der Waals surface area contributed by atoms with Crippen molar-refractivity contribution in [2.45, 2.75) is 26.8 Å². The van der Waals surface area contributed by atoms with Gasteiger partial charge in [0.15, 0.2) is 13.2 Å². The third-order valence-electron chi connectivity index (χ3n) is 3.93. The summed E-state index contributed by atoms with van der Waals surface area (Å²) < 4.78 is 10.3. The molecule has 0 aromatic heterocycles. The van der Waals surface area contributed by atoms with Crippen molar-refractivity contribution >= 4 is 23.5 Å². The number of halogens is 1. The fourth-order valence-electron chi connectivity index (χ4n) is 2.28. The summed E-state index contributed by atoms with van der Waals surface area (Å²) in [5.74, 6) is -0.408. The summed E-state index contributed by atoms with van der Waals surface area (Å²) in [6.07, 6.45) is 0. The number of aryl methyl sites for hydroxylation is 2. The van der Waals surface area contributed by atoms with Gasteiger partial charge in [0.25, 0.3) is 5.91 Å². The topological polar surface area (TPSA) is 64.6 Å². The van der Waals surface area contributed by atoms with E-state index in [0.29, 0.717) is 10.8 Å². The molecule has 1 N–H and O–H groups in total. The molecule has 0 radical (unpaired) electrons. The summed E-state index contributed by atoms with van der Waals surface area (Å²) in [5, 5.41) is 3.35. The van der Waals surface area contributed by atoms with Crippen molar-refractivity contribution < 1.29 is 19.1 Å². The Bertz CT molecular complexity index is 791. The summed E-state index contributed by atoms with van der Waals surface area (Å²) >= 11 is 5.94. The second-order valence-electron chi connectivity index (χ2n) is 6.04. The molecule has 0 heterocycles. The lowest BCUT2D eigenvalue weighted by Gasteiger charge is -2.14. The Morgan fingerprint density at radius 1 is 1.08 bits per heavy atom. The molecular weight excluding hydrogens is 354 g/mol. The number of carbonyl (C=O) groups excluding carboxylic acids is 2. The minimum atomic E-state index is -0.603. The van der Waals surface area contributed by atoms with Crippen LogP contribution in [0.4, 0.5) is 0 Å². The standard InChI is InChI=1S/C20H22ClNO4/c1-13-7-8-18(9-14(13)2)25-12-20(24)26-11-19(23)22-15(3)16-5-4-6-17(21)10-16/h4-10,15H,11-12H2,1-3H3,(H,22,23)/t15-/m1/s1. The van der Waals surface area contributed by atoms with Gasteiger partial charge in [-0.1, -0.05) is 29.8 Å². The van der Waals surface area contributed by atoms with Gasteiger partial charge in [0.05, 0.1) is 6.04 Å². The number of nitrogens with one attached hydrogen (secondary N) is 1. The van der Waals surface area contributed by atoms with E-state index in [4.69, 9.17) is 21.1 Å². The number of ether oxygens (including phenoxy) is 2. The van der Waals surface area contributed by atoms with Crippen LogP contribution in [0.5, 0.6) is 5.75 Å². The minimum Gasteiger partial charge on any atom is -0.482 e. The van der Waals surface area contributed by atoms with Crippen molar-refractivity contribution in [2.24, 2.45) is 0 Å². The summed E-state index contributed by atoms with van der Waals surface area (Å²) in [4.78, 5) is 23.6. The first kappa shape index (κ1) is 19.8. The van der Waals surface area contributed by atoms with Crippen molar-refractivity contribution in [2.75, 3.05) is 13.2 Å². The molecule has 138 valence electrons. The third kappa shape index (κ3) is 6.08. The average molecular weight is 376 g/mol. The van der Waals surface area contributed by atoms with Gasteiger partial charge in [0.2, 0.25) is 0 Å². The van der Waals surface area contributed by atoms with Crippen LogP contribution in [0, 0.1) is 13.8 Å². The molecular formula is C20H22ClNO4. The Labute approximate surface area is 158 Å². The van der Waals surface area contributed by atoms with E-state index < -0.39 is 11.9 Å². The zero-order chi connectivity index (χ0) is 19.1. The predicted molar refractivity (Wildman–Crippen MR) is 100 cm³/mol. The largest absolute Gasteiger partial charge is 0.482 e. The number of rotatable bonds is 7. The van der Waals surface area contributed by atoms with Crippen molar-refractivity contribution in [3.8, 4) is 5.75 Å². The van der Waals surface area contributed by atoms with Gasteiger partial charge in [0.1, 0.15) is 5.75 Å². The molecule has 0 aliphatic rings. The fourth-order valence-corrected chi connectivity index (χ4v) is 2.47. The van der Waals surface area contributed by atoms with Crippen molar-refractivity contribution in [3.63, 3.8) is 0 Å². The van der Waals surface area contributed by atoms with E-state index in [0.717, 1.165) is 16.7 Å². The molecule has 2 aromatic rings. The Morgan fingerprint density at radius 3 is 2.54 bits per heavy atom. The van der Waals surface area contributed by atoms with Gasteiger partial charge in [0, 0.05) is 5.02 Å². The van der Waals surface area contributed by atoms with Gasteiger partial charge in [-0.05, 0) is 61.7 Å². The number of esters is 1. The van der Waals surface area contributed by atoms with E-state index >= 15 is 0 Å². The molecule has 0 fully saturated rings. The Balaban J connectivity index is 1.74. The molecule has 0 aliphatic carbocycles. The van der Waals surface area contributed by atoms with Crippen LogP contribution in [0.3, 0.4) is 0 Å².